The summed E-state index contributed by atoms with van der Waals surface area (Å²) in [6.07, 6.45) is 2.51. The molecule has 2 atom stereocenters. The van der Waals surface area contributed by atoms with Crippen LogP contribution in [0, 0.1) is 17.2 Å². The van der Waals surface area contributed by atoms with Crippen molar-refractivity contribution < 1.29 is 0 Å². The van der Waals surface area contributed by atoms with E-state index in [2.05, 4.69) is 34.2 Å². The number of nitrogens with one attached hydrogen (secondary N) is 1. The molecule has 0 amide bonds. The summed E-state index contributed by atoms with van der Waals surface area (Å²) < 4.78 is 0.975. The van der Waals surface area contributed by atoms with E-state index in [1.54, 1.807) is 0 Å². The Hall–Kier alpha value is -1.01. The van der Waals surface area contributed by atoms with Gasteiger partial charge in [0.2, 0.25) is 0 Å². The Morgan fingerprint density at radius 3 is 2.93 bits per heavy atom. The summed E-state index contributed by atoms with van der Waals surface area (Å²) in [5.74, 6) is 0.826. The zero-order valence-electron chi connectivity index (χ0n) is 8.63. The van der Waals surface area contributed by atoms with Crippen LogP contribution in [0.25, 0.3) is 0 Å². The quantitative estimate of drug-likeness (QED) is 0.907. The van der Waals surface area contributed by atoms with E-state index in [1.807, 2.05) is 18.2 Å². The van der Waals surface area contributed by atoms with Crippen molar-refractivity contribution >= 4 is 21.6 Å². The third kappa shape index (κ3) is 2.32. The number of hydrogen-bond donors (Lipinski definition) is 1. The third-order valence-corrected chi connectivity index (χ3v) is 3.54. The maximum Gasteiger partial charge on any atom is 0.0992 e. The second-order valence-corrected chi connectivity index (χ2v) is 4.82. The highest BCUT2D eigenvalue weighted by atomic mass is 79.9. The van der Waals surface area contributed by atoms with Gasteiger partial charge in [0.05, 0.1) is 11.6 Å². The van der Waals surface area contributed by atoms with Crippen LogP contribution in [0.4, 0.5) is 5.69 Å². The monoisotopic (exact) mass is 264 g/mol. The predicted molar refractivity (Wildman–Crippen MR) is 64.7 cm³/mol. The average molecular weight is 265 g/mol. The molecule has 1 aliphatic carbocycles. The molecule has 0 aliphatic heterocycles. The van der Waals surface area contributed by atoms with E-state index in [1.165, 1.54) is 12.8 Å². The van der Waals surface area contributed by atoms with Gasteiger partial charge in [-0.25, -0.2) is 0 Å². The SMILES string of the molecule is CCC1CC1Nc1ccc(C#N)cc1Br. The van der Waals surface area contributed by atoms with Crippen LogP contribution in [-0.4, -0.2) is 6.04 Å². The molecule has 1 aromatic carbocycles. The number of halogens is 1. The Morgan fingerprint density at radius 1 is 1.60 bits per heavy atom. The zero-order chi connectivity index (χ0) is 10.8. The topological polar surface area (TPSA) is 35.8 Å². The minimum Gasteiger partial charge on any atom is -0.381 e. The van der Waals surface area contributed by atoms with E-state index >= 15 is 0 Å². The van der Waals surface area contributed by atoms with Gasteiger partial charge < -0.3 is 5.32 Å². The lowest BCUT2D eigenvalue weighted by Gasteiger charge is -2.07. The molecule has 0 heterocycles. The highest BCUT2D eigenvalue weighted by Gasteiger charge is 2.35. The van der Waals surface area contributed by atoms with Gasteiger partial charge in [-0.1, -0.05) is 13.3 Å². The van der Waals surface area contributed by atoms with Crippen LogP contribution in [0.15, 0.2) is 22.7 Å². The first-order valence-electron chi connectivity index (χ1n) is 5.20. The average Bonchev–Trinajstić information content (AvgIpc) is 2.99. The summed E-state index contributed by atoms with van der Waals surface area (Å²) in [6, 6.07) is 8.41. The molecule has 0 spiro atoms. The van der Waals surface area contributed by atoms with Gasteiger partial charge in [0.1, 0.15) is 0 Å². The number of rotatable bonds is 3. The van der Waals surface area contributed by atoms with Gasteiger partial charge in [0.25, 0.3) is 0 Å². The van der Waals surface area contributed by atoms with Crippen LogP contribution in [0.3, 0.4) is 0 Å². The molecule has 2 unspecified atom stereocenters. The lowest BCUT2D eigenvalue weighted by Crippen LogP contribution is -2.04. The molecule has 1 saturated carbocycles. The van der Waals surface area contributed by atoms with Crippen molar-refractivity contribution in [2.24, 2.45) is 5.92 Å². The van der Waals surface area contributed by atoms with Crippen molar-refractivity contribution in [2.75, 3.05) is 5.32 Å². The van der Waals surface area contributed by atoms with Crippen LogP contribution >= 0.6 is 15.9 Å². The number of nitrogens with zero attached hydrogens (tertiary/aromatic N) is 1. The molecule has 2 rings (SSSR count). The van der Waals surface area contributed by atoms with E-state index in [4.69, 9.17) is 5.26 Å². The number of hydrogen-bond acceptors (Lipinski definition) is 2. The Morgan fingerprint density at radius 2 is 2.40 bits per heavy atom. The minimum absolute atomic E-state index is 0.624. The van der Waals surface area contributed by atoms with Crippen LogP contribution in [0.5, 0.6) is 0 Å². The highest BCUT2D eigenvalue weighted by Crippen LogP contribution is 2.37. The molecule has 2 nitrogen and oxygen atoms in total. The molecular weight excluding hydrogens is 252 g/mol. The van der Waals surface area contributed by atoms with Gasteiger partial charge in [0, 0.05) is 16.2 Å². The van der Waals surface area contributed by atoms with E-state index < -0.39 is 0 Å². The molecule has 15 heavy (non-hydrogen) atoms. The fourth-order valence-corrected chi connectivity index (χ4v) is 2.27. The third-order valence-electron chi connectivity index (χ3n) is 2.89. The molecule has 0 bridgehead atoms. The molecule has 0 aromatic heterocycles. The van der Waals surface area contributed by atoms with Crippen molar-refractivity contribution in [3.8, 4) is 6.07 Å². The molecule has 78 valence electrons. The summed E-state index contributed by atoms with van der Waals surface area (Å²) in [7, 11) is 0. The molecule has 0 saturated heterocycles. The smallest absolute Gasteiger partial charge is 0.0992 e. The number of nitriles is 1. The molecular formula is C12H13BrN2. The fourth-order valence-electron chi connectivity index (χ4n) is 1.78. The maximum absolute atomic E-state index is 8.74. The molecule has 1 aliphatic rings. The molecule has 3 heteroatoms. The van der Waals surface area contributed by atoms with Crippen molar-refractivity contribution in [2.45, 2.75) is 25.8 Å². The summed E-state index contributed by atoms with van der Waals surface area (Å²) >= 11 is 3.47. The normalized spacial score (nSPS) is 23.3. The minimum atomic E-state index is 0.624. The second kappa shape index (κ2) is 4.24. The molecule has 0 radical (unpaired) electrons. The lowest BCUT2D eigenvalue weighted by molar-refractivity contribution is 0.774. The number of benzene rings is 1. The first kappa shape index (κ1) is 10.5. The lowest BCUT2D eigenvalue weighted by atomic mass is 10.2. The maximum atomic E-state index is 8.74. The fraction of sp³-hybridized carbons (Fsp3) is 0.417. The second-order valence-electron chi connectivity index (χ2n) is 3.96. The van der Waals surface area contributed by atoms with E-state index in [9.17, 15) is 0 Å². The van der Waals surface area contributed by atoms with Crippen molar-refractivity contribution in [3.63, 3.8) is 0 Å². The first-order chi connectivity index (χ1) is 7.24. The summed E-state index contributed by atoms with van der Waals surface area (Å²) in [6.45, 7) is 2.22. The van der Waals surface area contributed by atoms with Crippen molar-refractivity contribution in [1.82, 2.24) is 0 Å². The Kier molecular flexibility index (Phi) is 2.97. The molecule has 1 N–H and O–H groups in total. The van der Waals surface area contributed by atoms with Gasteiger partial charge in [-0.3, -0.25) is 0 Å². The Bertz CT molecular complexity index is 409. The summed E-state index contributed by atoms with van der Waals surface area (Å²) in [5.41, 5.74) is 1.78. The standard InChI is InChI=1S/C12H13BrN2/c1-2-9-6-12(9)15-11-4-3-8(7-14)5-10(11)13/h3-5,9,12,15H,2,6H2,1H3. The number of anilines is 1. The Labute approximate surface area is 98.4 Å². The van der Waals surface area contributed by atoms with Gasteiger partial charge in [-0.15, -0.1) is 0 Å². The largest absolute Gasteiger partial charge is 0.381 e. The van der Waals surface area contributed by atoms with Crippen molar-refractivity contribution in [3.05, 3.63) is 28.2 Å². The first-order valence-corrected chi connectivity index (χ1v) is 6.00. The van der Waals surface area contributed by atoms with Crippen molar-refractivity contribution in [1.29, 1.82) is 5.26 Å². The summed E-state index contributed by atoms with van der Waals surface area (Å²) in [5, 5.41) is 12.2. The van der Waals surface area contributed by atoms with Gasteiger partial charge in [-0.2, -0.15) is 5.26 Å². The van der Waals surface area contributed by atoms with E-state index in [0.29, 0.717) is 11.6 Å². The van der Waals surface area contributed by atoms with Gasteiger partial charge >= 0.3 is 0 Å². The highest BCUT2D eigenvalue weighted by molar-refractivity contribution is 9.10. The van der Waals surface area contributed by atoms with E-state index in [0.717, 1.165) is 16.1 Å². The van der Waals surface area contributed by atoms with Gasteiger partial charge in [-0.05, 0) is 46.5 Å². The van der Waals surface area contributed by atoms with Crippen LogP contribution < -0.4 is 5.32 Å². The molecule has 1 aromatic rings. The zero-order valence-corrected chi connectivity index (χ0v) is 10.2. The van der Waals surface area contributed by atoms with Crippen LogP contribution in [-0.2, 0) is 0 Å². The summed E-state index contributed by atoms with van der Waals surface area (Å²) in [4.78, 5) is 0. The van der Waals surface area contributed by atoms with Gasteiger partial charge in [0.15, 0.2) is 0 Å². The Balaban J connectivity index is 2.07. The molecule has 1 fully saturated rings. The van der Waals surface area contributed by atoms with Crippen LogP contribution in [0.1, 0.15) is 25.3 Å². The van der Waals surface area contributed by atoms with Crippen LogP contribution in [0.2, 0.25) is 0 Å². The predicted octanol–water partition coefficient (Wildman–Crippen LogP) is 3.53. The van der Waals surface area contributed by atoms with E-state index in [-0.39, 0.29) is 0 Å².